The first-order valence-electron chi connectivity index (χ1n) is 28.4. The Kier molecular flexibility index (Phi) is 16.7. The quantitative estimate of drug-likeness (QED) is 0.0709. The number of hydrogen-bond donors (Lipinski definition) is 0. The predicted octanol–water partition coefficient (Wildman–Crippen LogP) is 16.3. The molecule has 7 aliphatic rings. The van der Waals surface area contributed by atoms with Gasteiger partial charge in [0.05, 0.1) is 35.1 Å². The van der Waals surface area contributed by atoms with Gasteiger partial charge in [0.2, 0.25) is 0 Å². The molecule has 3 aliphatic heterocycles. The van der Waals surface area contributed by atoms with Crippen molar-refractivity contribution in [3.8, 4) is 0 Å². The van der Waals surface area contributed by atoms with E-state index in [4.69, 9.17) is 26.6 Å². The summed E-state index contributed by atoms with van der Waals surface area (Å²) in [5.74, 6) is 7.16. The molecule has 4 aliphatic carbocycles. The molecule has 0 spiro atoms. The van der Waals surface area contributed by atoms with Crippen molar-refractivity contribution in [1.29, 1.82) is 0 Å². The second-order valence-corrected chi connectivity index (χ2v) is 55.9. The molecule has 12 heteroatoms. The van der Waals surface area contributed by atoms with Gasteiger partial charge in [0.15, 0.2) is 49.9 Å². The van der Waals surface area contributed by atoms with E-state index in [0.29, 0.717) is 18.3 Å². The molecule has 7 fully saturated rings. The Hall–Kier alpha value is 1.06. The van der Waals surface area contributed by atoms with Crippen molar-refractivity contribution in [3.63, 3.8) is 0 Å². The van der Waals surface area contributed by atoms with Gasteiger partial charge in [0.25, 0.3) is 0 Å². The van der Waals surface area contributed by atoms with Gasteiger partial charge >= 0.3 is 0 Å². The van der Waals surface area contributed by atoms with Crippen LogP contribution in [0.1, 0.15) is 138 Å². The van der Waals surface area contributed by atoms with Crippen LogP contribution in [-0.4, -0.2) is 85.0 Å². The molecule has 0 aromatic heterocycles. The van der Waals surface area contributed by atoms with Crippen LogP contribution in [-0.2, 0) is 26.6 Å². The Morgan fingerprint density at radius 3 is 1.06 bits per heavy atom. The Bertz CT molecular complexity index is 1640. The average Bonchev–Trinajstić information content (AvgIpc) is 4.11. The summed E-state index contributed by atoms with van der Waals surface area (Å²) in [5, 5.41) is 0. The molecule has 15 atom stereocenters. The maximum atomic E-state index is 7.49. The lowest BCUT2D eigenvalue weighted by Crippen LogP contribution is -2.47. The van der Waals surface area contributed by atoms with Crippen molar-refractivity contribution < 1.29 is 26.6 Å². The van der Waals surface area contributed by atoms with E-state index in [1.54, 1.807) is 0 Å². The van der Waals surface area contributed by atoms with Crippen LogP contribution in [0.5, 0.6) is 0 Å². The fourth-order valence-electron chi connectivity index (χ4n) is 16.0. The molecule has 0 amide bonds. The second kappa shape index (κ2) is 20.1. The van der Waals surface area contributed by atoms with Crippen LogP contribution in [0.15, 0.2) is 0 Å². The highest BCUT2D eigenvalue weighted by Gasteiger charge is 2.58. The van der Waals surface area contributed by atoms with E-state index in [9.17, 15) is 0 Å². The zero-order chi connectivity index (χ0) is 48.5. The standard InChI is InChI=1S/C54H108O6Si6/c1-40(45-21-27-52(4)49(34-45)55-52)37-64(13,14)58-61(7,8)30-24-43-19-20-44(25-31-62(9,10)59-65(15,16)38-41(2)46-22-28-53(5)50(35-46)56-53)48(33-43)26-32-63(11,12)60-66(17,18)39-42(3)47-23-29-54(6)51(36-47)57-54/h40-51H,19-39H2,1-18H3. The molecule has 0 radical (unpaired) electrons. The highest BCUT2D eigenvalue weighted by atomic mass is 28.4. The van der Waals surface area contributed by atoms with Gasteiger partial charge in [-0.05, 0) is 259 Å². The fourth-order valence-corrected chi connectivity index (χ4v) is 45.0. The minimum Gasteiger partial charge on any atom is -0.455 e. The minimum atomic E-state index is -1.84. The number of hydrogen-bond acceptors (Lipinski definition) is 6. The van der Waals surface area contributed by atoms with Crippen LogP contribution in [0.25, 0.3) is 0 Å². The van der Waals surface area contributed by atoms with Crippen molar-refractivity contribution in [2.24, 2.45) is 53.3 Å². The lowest BCUT2D eigenvalue weighted by atomic mass is 9.71. The van der Waals surface area contributed by atoms with Crippen LogP contribution in [0.2, 0.25) is 115 Å². The van der Waals surface area contributed by atoms with Gasteiger partial charge in [0, 0.05) is 0 Å². The minimum absolute atomic E-state index is 0.212. The van der Waals surface area contributed by atoms with E-state index in [-0.39, 0.29) is 16.8 Å². The maximum absolute atomic E-state index is 7.49. The van der Waals surface area contributed by atoms with Crippen LogP contribution < -0.4 is 0 Å². The third-order valence-electron chi connectivity index (χ3n) is 19.8. The Balaban J connectivity index is 0.928. The topological polar surface area (TPSA) is 65.3 Å². The van der Waals surface area contributed by atoms with Crippen LogP contribution in [0.4, 0.5) is 0 Å². The Morgan fingerprint density at radius 2 is 0.727 bits per heavy atom. The zero-order valence-electron chi connectivity index (χ0n) is 46.7. The van der Waals surface area contributed by atoms with Gasteiger partial charge in [-0.15, -0.1) is 0 Å². The smallest absolute Gasteiger partial charge is 0.173 e. The summed E-state index contributed by atoms with van der Waals surface area (Å²) < 4.78 is 40.7. The molecule has 4 saturated carbocycles. The van der Waals surface area contributed by atoms with Gasteiger partial charge in [-0.1, -0.05) is 46.5 Å². The number of fused-ring (bicyclic) bond motifs is 3. The monoisotopic (exact) mass is 1020 g/mol. The maximum Gasteiger partial charge on any atom is 0.173 e. The van der Waals surface area contributed by atoms with E-state index in [2.05, 4.69) is 120 Å². The lowest BCUT2D eigenvalue weighted by Gasteiger charge is -2.42. The first kappa shape index (κ1) is 54.8. The van der Waals surface area contributed by atoms with Gasteiger partial charge < -0.3 is 26.6 Å². The molecule has 6 nitrogen and oxygen atoms in total. The predicted molar refractivity (Wildman–Crippen MR) is 295 cm³/mol. The molecule has 3 saturated heterocycles. The van der Waals surface area contributed by atoms with Crippen molar-refractivity contribution in [3.05, 3.63) is 0 Å². The number of ether oxygens (including phenoxy) is 3. The summed E-state index contributed by atoms with van der Waals surface area (Å²) in [6, 6.07) is 7.87. The van der Waals surface area contributed by atoms with Crippen LogP contribution in [0.3, 0.4) is 0 Å². The SMILES string of the molecule is CC(C[Si](C)(C)O[Si](C)(C)CCC1CCC(CC[Si](C)(C)O[Si](C)(C)CC(C)C2CCC3(C)OC3C2)C(CC[Si](C)(C)O[Si](C)(C)CC(C)C2CCC3(C)OC3C2)C1)C1CCC2(C)OC2C1. The van der Waals surface area contributed by atoms with Crippen molar-refractivity contribution >= 4 is 49.9 Å². The van der Waals surface area contributed by atoms with Gasteiger partial charge in [-0.3, -0.25) is 0 Å². The summed E-state index contributed by atoms with van der Waals surface area (Å²) >= 11 is 0. The summed E-state index contributed by atoms with van der Waals surface area (Å²) in [6.45, 7) is 45.3. The third-order valence-corrected chi connectivity index (χ3v) is 42.5. The molecule has 7 rings (SSSR count). The molecule has 0 aromatic rings. The molecule has 0 aromatic carbocycles. The third kappa shape index (κ3) is 14.9. The normalized spacial score (nSPS) is 38.7. The van der Waals surface area contributed by atoms with Crippen molar-refractivity contribution in [2.75, 3.05) is 0 Å². The van der Waals surface area contributed by atoms with Gasteiger partial charge in [0.1, 0.15) is 0 Å². The molecular weight excluding hydrogens is 913 g/mol. The summed E-state index contributed by atoms with van der Waals surface area (Å²) in [6.07, 6.45) is 21.5. The zero-order valence-corrected chi connectivity index (χ0v) is 52.7. The van der Waals surface area contributed by atoms with Crippen molar-refractivity contribution in [1.82, 2.24) is 0 Å². The summed E-state index contributed by atoms with van der Waals surface area (Å²) in [7, 11) is -10.8. The Labute approximate surface area is 415 Å². The van der Waals surface area contributed by atoms with Crippen LogP contribution in [0, 0.1) is 53.3 Å². The molecule has 0 bridgehead atoms. The fraction of sp³-hybridized carbons (Fsp3) is 1.00. The number of rotatable bonds is 24. The number of epoxide rings is 3. The van der Waals surface area contributed by atoms with E-state index in [0.717, 1.165) is 53.3 Å². The van der Waals surface area contributed by atoms with E-state index >= 15 is 0 Å². The molecule has 66 heavy (non-hydrogen) atoms. The lowest BCUT2D eigenvalue weighted by molar-refractivity contribution is 0.164. The highest BCUT2D eigenvalue weighted by Crippen LogP contribution is 2.54. The summed E-state index contributed by atoms with van der Waals surface area (Å²) in [4.78, 5) is 0. The highest BCUT2D eigenvalue weighted by molar-refractivity contribution is 6.86. The van der Waals surface area contributed by atoms with E-state index < -0.39 is 49.9 Å². The molecule has 0 N–H and O–H groups in total. The molecule has 15 unspecified atom stereocenters. The van der Waals surface area contributed by atoms with E-state index in [1.807, 2.05) is 0 Å². The van der Waals surface area contributed by atoms with Crippen LogP contribution >= 0.6 is 0 Å². The summed E-state index contributed by atoms with van der Waals surface area (Å²) in [5.41, 5.74) is 0.641. The molecule has 384 valence electrons. The van der Waals surface area contributed by atoms with E-state index in [1.165, 1.54) is 133 Å². The Morgan fingerprint density at radius 1 is 0.409 bits per heavy atom. The van der Waals surface area contributed by atoms with Gasteiger partial charge in [-0.25, -0.2) is 0 Å². The average molecular weight is 1020 g/mol. The second-order valence-electron chi connectivity index (χ2n) is 29.6. The first-order chi connectivity index (χ1) is 30.3. The first-order valence-corrected chi connectivity index (χ1v) is 47.1. The van der Waals surface area contributed by atoms with Crippen molar-refractivity contribution in [2.45, 2.75) is 288 Å². The molecular formula is C54H108O6Si6. The largest absolute Gasteiger partial charge is 0.455 e. The molecule has 3 heterocycles. The van der Waals surface area contributed by atoms with Gasteiger partial charge in [-0.2, -0.15) is 0 Å².